The van der Waals surface area contributed by atoms with E-state index in [0.717, 1.165) is 19.4 Å². The maximum Gasteiger partial charge on any atom is 0.265 e. The highest BCUT2D eigenvalue weighted by Crippen LogP contribution is 2.30. The van der Waals surface area contributed by atoms with Crippen LogP contribution in [-0.2, 0) is 9.53 Å². The Morgan fingerprint density at radius 1 is 1.48 bits per heavy atom. The molecule has 1 saturated heterocycles. The molecule has 2 unspecified atom stereocenters. The third-order valence-electron chi connectivity index (χ3n) is 3.69. The van der Waals surface area contributed by atoms with Crippen LogP contribution in [0.3, 0.4) is 0 Å². The number of nitrogens with one attached hydrogen (secondary N) is 2. The van der Waals surface area contributed by atoms with Crippen LogP contribution in [-0.4, -0.2) is 37.2 Å². The monoisotopic (exact) mass is 290 g/mol. The lowest BCUT2D eigenvalue weighted by molar-refractivity contribution is -0.122. The Morgan fingerprint density at radius 2 is 2.33 bits per heavy atom. The van der Waals surface area contributed by atoms with Gasteiger partial charge in [0, 0.05) is 18.7 Å². The molecule has 0 spiro atoms. The molecule has 2 aliphatic heterocycles. The normalized spacial score (nSPS) is 24.0. The number of hydrogen-bond donors (Lipinski definition) is 2. The lowest BCUT2D eigenvalue weighted by atomic mass is 10.1. The molecule has 21 heavy (non-hydrogen) atoms. The van der Waals surface area contributed by atoms with E-state index in [1.54, 1.807) is 25.1 Å². The molecule has 0 radical (unpaired) electrons. The molecule has 1 fully saturated rings. The van der Waals surface area contributed by atoms with Crippen LogP contribution in [0.1, 0.15) is 30.1 Å². The van der Waals surface area contributed by atoms with Crippen LogP contribution in [0, 0.1) is 0 Å². The van der Waals surface area contributed by atoms with Gasteiger partial charge in [-0.15, -0.1) is 0 Å². The average Bonchev–Trinajstić information content (AvgIpc) is 2.99. The highest BCUT2D eigenvalue weighted by molar-refractivity contribution is 6.00. The largest absolute Gasteiger partial charge is 0.479 e. The van der Waals surface area contributed by atoms with Crippen LogP contribution in [0.25, 0.3) is 0 Å². The number of hydrogen-bond acceptors (Lipinski definition) is 4. The summed E-state index contributed by atoms with van der Waals surface area (Å²) in [6.07, 6.45) is 1.59. The molecule has 1 aromatic rings. The number of carbonyl (C=O) groups is 2. The van der Waals surface area contributed by atoms with Gasteiger partial charge in [-0.2, -0.15) is 0 Å². The molecule has 2 aliphatic rings. The quantitative estimate of drug-likeness (QED) is 0.880. The summed E-state index contributed by atoms with van der Waals surface area (Å²) in [7, 11) is 0. The van der Waals surface area contributed by atoms with Gasteiger partial charge in [0.05, 0.1) is 11.8 Å². The van der Waals surface area contributed by atoms with Gasteiger partial charge in [-0.1, -0.05) is 0 Å². The van der Waals surface area contributed by atoms with Gasteiger partial charge < -0.3 is 20.1 Å². The average molecular weight is 290 g/mol. The van der Waals surface area contributed by atoms with Crippen LogP contribution in [0.4, 0.5) is 5.69 Å². The standard InChI is InChI=1S/C15H18N2O4/c1-9-14(18)17-12-5-4-10(7-13(12)21-9)15(19)16-8-11-3-2-6-20-11/h4-5,7,9,11H,2-3,6,8H2,1H3,(H,16,19)(H,17,18). The fraction of sp³-hybridized carbons (Fsp3) is 0.467. The van der Waals surface area contributed by atoms with Crippen molar-refractivity contribution in [2.75, 3.05) is 18.5 Å². The molecule has 0 aliphatic carbocycles. The van der Waals surface area contributed by atoms with Crippen LogP contribution < -0.4 is 15.4 Å². The summed E-state index contributed by atoms with van der Waals surface area (Å²) in [6, 6.07) is 5.00. The van der Waals surface area contributed by atoms with Crippen LogP contribution in [0.5, 0.6) is 5.75 Å². The summed E-state index contributed by atoms with van der Waals surface area (Å²) < 4.78 is 11.0. The van der Waals surface area contributed by atoms with Gasteiger partial charge in [-0.3, -0.25) is 9.59 Å². The third-order valence-corrected chi connectivity index (χ3v) is 3.69. The summed E-state index contributed by atoms with van der Waals surface area (Å²) in [4.78, 5) is 23.6. The molecule has 6 heteroatoms. The first-order chi connectivity index (χ1) is 10.1. The second-order valence-corrected chi connectivity index (χ2v) is 5.31. The predicted octanol–water partition coefficient (Wildman–Crippen LogP) is 1.31. The highest BCUT2D eigenvalue weighted by Gasteiger charge is 2.24. The maximum absolute atomic E-state index is 12.1. The molecule has 2 heterocycles. The summed E-state index contributed by atoms with van der Waals surface area (Å²) in [5.41, 5.74) is 1.10. The first kappa shape index (κ1) is 13.9. The Balaban J connectivity index is 1.66. The van der Waals surface area contributed by atoms with Gasteiger partial charge in [-0.25, -0.2) is 0 Å². The van der Waals surface area contributed by atoms with Gasteiger partial charge in [0.15, 0.2) is 6.10 Å². The minimum atomic E-state index is -0.553. The minimum absolute atomic E-state index is 0.113. The summed E-state index contributed by atoms with van der Waals surface area (Å²) in [5.74, 6) is 0.173. The van der Waals surface area contributed by atoms with Crippen molar-refractivity contribution >= 4 is 17.5 Å². The van der Waals surface area contributed by atoms with Crippen molar-refractivity contribution in [3.8, 4) is 5.75 Å². The number of amides is 2. The zero-order chi connectivity index (χ0) is 14.8. The lowest BCUT2D eigenvalue weighted by Gasteiger charge is -2.23. The van der Waals surface area contributed by atoms with Gasteiger partial charge in [0.25, 0.3) is 11.8 Å². The molecular formula is C15H18N2O4. The molecule has 112 valence electrons. The van der Waals surface area contributed by atoms with Crippen molar-refractivity contribution in [1.29, 1.82) is 0 Å². The molecular weight excluding hydrogens is 272 g/mol. The van der Waals surface area contributed by atoms with E-state index in [9.17, 15) is 9.59 Å². The lowest BCUT2D eigenvalue weighted by Crippen LogP contribution is -2.35. The molecule has 0 aromatic heterocycles. The number of ether oxygens (including phenoxy) is 2. The second-order valence-electron chi connectivity index (χ2n) is 5.31. The number of benzene rings is 1. The van der Waals surface area contributed by atoms with E-state index < -0.39 is 6.10 Å². The Morgan fingerprint density at radius 3 is 3.10 bits per heavy atom. The minimum Gasteiger partial charge on any atom is -0.479 e. The third kappa shape index (κ3) is 3.00. The summed E-state index contributed by atoms with van der Waals surface area (Å²) in [5, 5.41) is 5.60. The fourth-order valence-corrected chi connectivity index (χ4v) is 2.46. The topological polar surface area (TPSA) is 76.7 Å². The van der Waals surface area contributed by atoms with Gasteiger partial charge in [0.2, 0.25) is 0 Å². The predicted molar refractivity (Wildman–Crippen MR) is 76.5 cm³/mol. The van der Waals surface area contributed by atoms with E-state index in [2.05, 4.69) is 10.6 Å². The first-order valence-corrected chi connectivity index (χ1v) is 7.15. The zero-order valence-corrected chi connectivity index (χ0v) is 11.8. The van der Waals surface area contributed by atoms with E-state index in [-0.39, 0.29) is 17.9 Å². The SMILES string of the molecule is CC1Oc2cc(C(=O)NCC3CCCO3)ccc2NC1=O. The van der Waals surface area contributed by atoms with Crippen molar-refractivity contribution in [3.63, 3.8) is 0 Å². The van der Waals surface area contributed by atoms with E-state index >= 15 is 0 Å². The Hall–Kier alpha value is -2.08. The van der Waals surface area contributed by atoms with Crippen molar-refractivity contribution in [3.05, 3.63) is 23.8 Å². The Kier molecular flexibility index (Phi) is 3.79. The molecule has 2 amide bonds. The van der Waals surface area contributed by atoms with Crippen molar-refractivity contribution in [2.45, 2.75) is 32.0 Å². The van der Waals surface area contributed by atoms with Crippen molar-refractivity contribution < 1.29 is 19.1 Å². The number of anilines is 1. The summed E-state index contributed by atoms with van der Waals surface area (Å²) >= 11 is 0. The summed E-state index contributed by atoms with van der Waals surface area (Å²) in [6.45, 7) is 2.96. The number of rotatable bonds is 3. The van der Waals surface area contributed by atoms with E-state index in [0.29, 0.717) is 23.5 Å². The Bertz CT molecular complexity index is 567. The number of carbonyl (C=O) groups excluding carboxylic acids is 2. The first-order valence-electron chi connectivity index (χ1n) is 7.15. The van der Waals surface area contributed by atoms with Crippen molar-refractivity contribution in [2.24, 2.45) is 0 Å². The zero-order valence-electron chi connectivity index (χ0n) is 11.8. The second kappa shape index (κ2) is 5.73. The van der Waals surface area contributed by atoms with Crippen LogP contribution in [0.15, 0.2) is 18.2 Å². The highest BCUT2D eigenvalue weighted by atomic mass is 16.5. The molecule has 0 bridgehead atoms. The van der Waals surface area contributed by atoms with Gasteiger partial charge >= 0.3 is 0 Å². The Labute approximate surface area is 122 Å². The molecule has 2 atom stereocenters. The van der Waals surface area contributed by atoms with Gasteiger partial charge in [0.1, 0.15) is 5.75 Å². The molecule has 0 saturated carbocycles. The smallest absolute Gasteiger partial charge is 0.265 e. The van der Waals surface area contributed by atoms with E-state index in [4.69, 9.17) is 9.47 Å². The molecule has 2 N–H and O–H groups in total. The van der Waals surface area contributed by atoms with Crippen molar-refractivity contribution in [1.82, 2.24) is 5.32 Å². The van der Waals surface area contributed by atoms with E-state index in [1.165, 1.54) is 0 Å². The van der Waals surface area contributed by atoms with Crippen LogP contribution >= 0.6 is 0 Å². The molecule has 1 aromatic carbocycles. The molecule has 3 rings (SSSR count). The van der Waals surface area contributed by atoms with Crippen LogP contribution in [0.2, 0.25) is 0 Å². The van der Waals surface area contributed by atoms with Gasteiger partial charge in [-0.05, 0) is 38.0 Å². The fourth-order valence-electron chi connectivity index (χ4n) is 2.46. The maximum atomic E-state index is 12.1. The van der Waals surface area contributed by atoms with E-state index in [1.807, 2.05) is 0 Å². The molecule has 6 nitrogen and oxygen atoms in total. The number of fused-ring (bicyclic) bond motifs is 1.